The molecule has 5 nitrogen and oxygen atoms in total. The number of benzene rings is 2. The molecule has 4 rings (SSSR count). The number of amides is 1. The maximum atomic E-state index is 13.2. The average Bonchev–Trinajstić information content (AvgIpc) is 2.73. The number of nitrogens with zero attached hydrogens (tertiary/aromatic N) is 2. The highest BCUT2D eigenvalue weighted by Crippen LogP contribution is 2.26. The van der Waals surface area contributed by atoms with Crippen LogP contribution in [0.15, 0.2) is 47.4 Å². The second-order valence-corrected chi connectivity index (χ2v) is 10.2. The van der Waals surface area contributed by atoms with Gasteiger partial charge < -0.3 is 4.90 Å². The van der Waals surface area contributed by atoms with Gasteiger partial charge in [-0.05, 0) is 60.9 Å². The van der Waals surface area contributed by atoms with Gasteiger partial charge in [-0.2, -0.15) is 4.31 Å². The number of rotatable bonds is 3. The van der Waals surface area contributed by atoms with E-state index in [1.807, 2.05) is 24.0 Å². The van der Waals surface area contributed by atoms with Crippen molar-refractivity contribution in [3.63, 3.8) is 0 Å². The lowest BCUT2D eigenvalue weighted by molar-refractivity contribution is 0.0733. The van der Waals surface area contributed by atoms with Gasteiger partial charge in [-0.3, -0.25) is 4.79 Å². The number of hydrogen-bond acceptors (Lipinski definition) is 3. The smallest absolute Gasteiger partial charge is 0.254 e. The monoisotopic (exact) mass is 412 g/mol. The number of carbonyl (C=O) groups is 1. The van der Waals surface area contributed by atoms with E-state index >= 15 is 0 Å². The van der Waals surface area contributed by atoms with E-state index in [9.17, 15) is 13.2 Å². The van der Waals surface area contributed by atoms with Crippen LogP contribution in [-0.4, -0.2) is 43.2 Å². The van der Waals surface area contributed by atoms with Gasteiger partial charge in [0.25, 0.3) is 5.91 Å². The summed E-state index contributed by atoms with van der Waals surface area (Å²) in [6.45, 7) is 6.33. The summed E-state index contributed by atoms with van der Waals surface area (Å²) in [4.78, 5) is 15.3. The van der Waals surface area contributed by atoms with E-state index in [2.05, 4.69) is 19.1 Å². The van der Waals surface area contributed by atoms with Gasteiger partial charge in [0, 0.05) is 31.7 Å². The summed E-state index contributed by atoms with van der Waals surface area (Å²) in [5, 5.41) is 0. The first kappa shape index (κ1) is 20.1. The van der Waals surface area contributed by atoms with Gasteiger partial charge in [-0.25, -0.2) is 8.42 Å². The van der Waals surface area contributed by atoms with E-state index in [4.69, 9.17) is 0 Å². The predicted octanol–water partition coefficient (Wildman–Crippen LogP) is 3.61. The summed E-state index contributed by atoms with van der Waals surface area (Å²) in [5.41, 5.74) is 3.73. The first-order valence-corrected chi connectivity index (χ1v) is 11.8. The molecular formula is C23H28N2O3S. The van der Waals surface area contributed by atoms with Crippen molar-refractivity contribution in [2.75, 3.05) is 19.6 Å². The molecule has 0 bridgehead atoms. The van der Waals surface area contributed by atoms with Crippen LogP contribution >= 0.6 is 0 Å². The van der Waals surface area contributed by atoms with Gasteiger partial charge >= 0.3 is 0 Å². The molecule has 2 aromatic rings. The minimum Gasteiger partial charge on any atom is -0.334 e. The minimum absolute atomic E-state index is 0.0960. The summed E-state index contributed by atoms with van der Waals surface area (Å²) in [6.07, 6.45) is 2.58. The normalized spacial score (nSPS) is 18.5. The molecule has 0 unspecified atom stereocenters. The molecule has 2 aliphatic heterocycles. The molecule has 0 aromatic heterocycles. The molecule has 29 heavy (non-hydrogen) atoms. The molecule has 0 N–H and O–H groups in total. The minimum atomic E-state index is -3.58. The fraction of sp³-hybridized carbons (Fsp3) is 0.435. The van der Waals surface area contributed by atoms with Crippen LogP contribution in [-0.2, 0) is 23.0 Å². The zero-order chi connectivity index (χ0) is 20.6. The van der Waals surface area contributed by atoms with Crippen LogP contribution in [0.4, 0.5) is 0 Å². The zero-order valence-electron chi connectivity index (χ0n) is 17.1. The maximum absolute atomic E-state index is 13.2. The van der Waals surface area contributed by atoms with Crippen molar-refractivity contribution in [1.82, 2.24) is 9.21 Å². The molecule has 1 fully saturated rings. The van der Waals surface area contributed by atoms with Gasteiger partial charge in [0.05, 0.1) is 4.90 Å². The Hall–Kier alpha value is -2.18. The zero-order valence-corrected chi connectivity index (χ0v) is 17.9. The molecule has 0 saturated carbocycles. The Balaban J connectivity index is 1.60. The Morgan fingerprint density at radius 3 is 2.41 bits per heavy atom. The number of fused-ring (bicyclic) bond motifs is 1. The van der Waals surface area contributed by atoms with E-state index in [-0.39, 0.29) is 10.8 Å². The van der Waals surface area contributed by atoms with Crippen LogP contribution in [0.1, 0.15) is 46.8 Å². The molecule has 0 spiro atoms. The van der Waals surface area contributed by atoms with Crippen molar-refractivity contribution in [2.45, 2.75) is 44.6 Å². The van der Waals surface area contributed by atoms with Crippen molar-refractivity contribution in [2.24, 2.45) is 5.92 Å². The van der Waals surface area contributed by atoms with Crippen LogP contribution in [0.3, 0.4) is 0 Å². The first-order chi connectivity index (χ1) is 13.9. The van der Waals surface area contributed by atoms with Crippen LogP contribution in [0.5, 0.6) is 0 Å². The Morgan fingerprint density at radius 2 is 1.69 bits per heavy atom. The Kier molecular flexibility index (Phi) is 5.49. The fourth-order valence-corrected chi connectivity index (χ4v) is 5.70. The molecule has 6 heteroatoms. The lowest BCUT2D eigenvalue weighted by atomic mass is 9.98. The highest BCUT2D eigenvalue weighted by atomic mass is 32.2. The molecule has 154 valence electrons. The Bertz CT molecular complexity index is 1020. The summed E-state index contributed by atoms with van der Waals surface area (Å²) in [7, 11) is -3.58. The highest BCUT2D eigenvalue weighted by Gasteiger charge is 2.30. The average molecular weight is 413 g/mol. The van der Waals surface area contributed by atoms with E-state index in [1.165, 1.54) is 5.56 Å². The quantitative estimate of drug-likeness (QED) is 0.774. The third-order valence-corrected chi connectivity index (χ3v) is 8.13. The van der Waals surface area contributed by atoms with Crippen LogP contribution in [0.25, 0.3) is 0 Å². The number of hydrogen-bond donors (Lipinski definition) is 0. The lowest BCUT2D eigenvalue weighted by Gasteiger charge is -2.30. The molecule has 1 saturated heterocycles. The molecule has 2 heterocycles. The number of aryl methyl sites for hydroxylation is 1. The standard InChI is InChI=1S/C23H28N2O3S/c1-17-9-13-25(14-10-17)29(27,28)21-8-7-18(2)22(15-21)23(26)24-12-11-19-5-3-4-6-20(19)16-24/h3-8,15,17H,9-14,16H2,1-2H3. The first-order valence-electron chi connectivity index (χ1n) is 10.3. The van der Waals surface area contributed by atoms with Crippen molar-refractivity contribution >= 4 is 15.9 Å². The molecule has 2 aromatic carbocycles. The van der Waals surface area contributed by atoms with Crippen LogP contribution in [0, 0.1) is 12.8 Å². The number of carbonyl (C=O) groups excluding carboxylic acids is 1. The third kappa shape index (κ3) is 3.96. The maximum Gasteiger partial charge on any atom is 0.254 e. The van der Waals surface area contributed by atoms with E-state index in [0.29, 0.717) is 37.7 Å². The van der Waals surface area contributed by atoms with Crippen LogP contribution in [0.2, 0.25) is 0 Å². The highest BCUT2D eigenvalue weighted by molar-refractivity contribution is 7.89. The van der Waals surface area contributed by atoms with Gasteiger partial charge in [-0.15, -0.1) is 0 Å². The molecule has 0 aliphatic carbocycles. The summed E-state index contributed by atoms with van der Waals surface area (Å²) in [6, 6.07) is 13.1. The Morgan fingerprint density at radius 1 is 1.00 bits per heavy atom. The van der Waals surface area contributed by atoms with E-state index in [0.717, 1.165) is 30.4 Å². The van der Waals surface area contributed by atoms with E-state index < -0.39 is 10.0 Å². The lowest BCUT2D eigenvalue weighted by Crippen LogP contribution is -2.38. The Labute approximate surface area is 173 Å². The van der Waals surface area contributed by atoms with Crippen molar-refractivity contribution < 1.29 is 13.2 Å². The van der Waals surface area contributed by atoms with Crippen molar-refractivity contribution in [3.8, 4) is 0 Å². The van der Waals surface area contributed by atoms with E-state index in [1.54, 1.807) is 22.5 Å². The number of piperidine rings is 1. The topological polar surface area (TPSA) is 57.7 Å². The summed E-state index contributed by atoms with van der Waals surface area (Å²) < 4.78 is 27.8. The SMILES string of the molecule is Cc1ccc(S(=O)(=O)N2CCC(C)CC2)cc1C(=O)N1CCc2ccccc2C1. The molecule has 0 atom stereocenters. The molecular weight excluding hydrogens is 384 g/mol. The van der Waals surface area contributed by atoms with Crippen molar-refractivity contribution in [3.05, 3.63) is 64.7 Å². The van der Waals surface area contributed by atoms with Crippen molar-refractivity contribution in [1.29, 1.82) is 0 Å². The fourth-order valence-electron chi connectivity index (χ4n) is 4.21. The van der Waals surface area contributed by atoms with Gasteiger partial charge in [-0.1, -0.05) is 37.3 Å². The molecule has 2 aliphatic rings. The third-order valence-electron chi connectivity index (χ3n) is 6.24. The predicted molar refractivity (Wildman–Crippen MR) is 113 cm³/mol. The van der Waals surface area contributed by atoms with Gasteiger partial charge in [0.15, 0.2) is 0 Å². The second kappa shape index (κ2) is 7.92. The summed E-state index contributed by atoms with van der Waals surface area (Å²) in [5.74, 6) is 0.458. The summed E-state index contributed by atoms with van der Waals surface area (Å²) >= 11 is 0. The molecule has 1 amide bonds. The largest absolute Gasteiger partial charge is 0.334 e. The molecule has 0 radical (unpaired) electrons. The second-order valence-electron chi connectivity index (χ2n) is 8.31. The van der Waals surface area contributed by atoms with Gasteiger partial charge in [0.2, 0.25) is 10.0 Å². The van der Waals surface area contributed by atoms with Crippen LogP contribution < -0.4 is 0 Å². The van der Waals surface area contributed by atoms with Gasteiger partial charge in [0.1, 0.15) is 0 Å². The number of sulfonamides is 1.